The first-order valence-corrected chi connectivity index (χ1v) is 9.04. The van der Waals surface area contributed by atoms with E-state index in [2.05, 4.69) is 17.2 Å². The first-order valence-electron chi connectivity index (χ1n) is 9.04. The van der Waals surface area contributed by atoms with Crippen LogP contribution in [0.4, 0.5) is 5.82 Å². The van der Waals surface area contributed by atoms with Gasteiger partial charge >= 0.3 is 0 Å². The highest BCUT2D eigenvalue weighted by Crippen LogP contribution is 2.12. The summed E-state index contributed by atoms with van der Waals surface area (Å²) in [4.78, 5) is 15.8. The number of rotatable bonds is 13. The van der Waals surface area contributed by atoms with Gasteiger partial charge in [0.15, 0.2) is 0 Å². The van der Waals surface area contributed by atoms with Gasteiger partial charge in [-0.1, -0.05) is 77.2 Å². The lowest BCUT2D eigenvalue weighted by molar-refractivity contribution is -0.116. The SMILES string of the molecule is CCCCCCCCCCCCCC(=O)Nc1ccccn1. The van der Waals surface area contributed by atoms with Crippen LogP contribution in [-0.2, 0) is 4.79 Å². The summed E-state index contributed by atoms with van der Waals surface area (Å²) < 4.78 is 0. The second-order valence-electron chi connectivity index (χ2n) is 6.05. The molecule has 0 spiro atoms. The van der Waals surface area contributed by atoms with Crippen molar-refractivity contribution in [2.45, 2.75) is 84.0 Å². The number of anilines is 1. The molecule has 1 amide bonds. The molecule has 0 bridgehead atoms. The third-order valence-electron chi connectivity index (χ3n) is 3.94. The van der Waals surface area contributed by atoms with Gasteiger partial charge in [0.25, 0.3) is 0 Å². The van der Waals surface area contributed by atoms with Gasteiger partial charge < -0.3 is 5.32 Å². The quantitative estimate of drug-likeness (QED) is 0.473. The molecule has 1 rings (SSSR count). The predicted octanol–water partition coefficient (Wildman–Crippen LogP) is 5.72. The van der Waals surface area contributed by atoms with Crippen LogP contribution in [0, 0.1) is 0 Å². The molecule has 0 aliphatic carbocycles. The Kier molecular flexibility index (Phi) is 11.3. The molecule has 0 saturated heterocycles. The predicted molar refractivity (Wildman–Crippen MR) is 93.9 cm³/mol. The van der Waals surface area contributed by atoms with Gasteiger partial charge in [0.1, 0.15) is 5.82 Å². The van der Waals surface area contributed by atoms with E-state index in [4.69, 9.17) is 0 Å². The van der Waals surface area contributed by atoms with Crippen molar-refractivity contribution in [3.63, 3.8) is 0 Å². The normalized spacial score (nSPS) is 10.6. The summed E-state index contributed by atoms with van der Waals surface area (Å²) in [5.41, 5.74) is 0. The van der Waals surface area contributed by atoms with E-state index in [0.717, 1.165) is 12.8 Å². The Morgan fingerprint density at radius 2 is 1.50 bits per heavy atom. The molecule has 0 fully saturated rings. The van der Waals surface area contributed by atoms with Crippen LogP contribution >= 0.6 is 0 Å². The van der Waals surface area contributed by atoms with Gasteiger partial charge in [-0.15, -0.1) is 0 Å². The maximum atomic E-state index is 11.7. The van der Waals surface area contributed by atoms with Crippen LogP contribution < -0.4 is 5.32 Å². The van der Waals surface area contributed by atoms with E-state index in [-0.39, 0.29) is 5.91 Å². The fourth-order valence-corrected chi connectivity index (χ4v) is 2.59. The third-order valence-corrected chi connectivity index (χ3v) is 3.94. The maximum Gasteiger partial charge on any atom is 0.225 e. The molecular weight excluding hydrogens is 272 g/mol. The minimum absolute atomic E-state index is 0.0784. The summed E-state index contributed by atoms with van der Waals surface area (Å²) in [6, 6.07) is 5.54. The number of carbonyl (C=O) groups is 1. The Balaban J connectivity index is 1.86. The number of unbranched alkanes of at least 4 members (excludes halogenated alkanes) is 10. The van der Waals surface area contributed by atoms with E-state index in [0.29, 0.717) is 12.2 Å². The Hall–Kier alpha value is -1.38. The van der Waals surface area contributed by atoms with Gasteiger partial charge in [0.05, 0.1) is 0 Å². The van der Waals surface area contributed by atoms with Crippen molar-refractivity contribution < 1.29 is 4.79 Å². The molecule has 0 aliphatic heterocycles. The van der Waals surface area contributed by atoms with E-state index in [1.54, 1.807) is 6.20 Å². The maximum absolute atomic E-state index is 11.7. The zero-order chi connectivity index (χ0) is 15.9. The Labute approximate surface area is 135 Å². The molecule has 1 aromatic heterocycles. The number of aromatic nitrogens is 1. The van der Waals surface area contributed by atoms with Crippen LogP contribution in [0.3, 0.4) is 0 Å². The number of hydrogen-bond acceptors (Lipinski definition) is 2. The number of pyridine rings is 1. The van der Waals surface area contributed by atoms with E-state index in [1.165, 1.54) is 57.8 Å². The smallest absolute Gasteiger partial charge is 0.225 e. The average molecular weight is 304 g/mol. The molecule has 0 atom stereocenters. The van der Waals surface area contributed by atoms with Crippen molar-refractivity contribution in [1.29, 1.82) is 0 Å². The van der Waals surface area contributed by atoms with Crippen LogP contribution in [0.1, 0.15) is 84.0 Å². The van der Waals surface area contributed by atoms with Crippen molar-refractivity contribution in [2.24, 2.45) is 0 Å². The number of nitrogens with zero attached hydrogens (tertiary/aromatic N) is 1. The Bertz CT molecular complexity index is 378. The Morgan fingerprint density at radius 1 is 0.909 bits per heavy atom. The number of nitrogens with one attached hydrogen (secondary N) is 1. The molecule has 0 radical (unpaired) electrons. The van der Waals surface area contributed by atoms with Crippen LogP contribution in [-0.4, -0.2) is 10.9 Å². The zero-order valence-electron chi connectivity index (χ0n) is 14.2. The average Bonchev–Trinajstić information content (AvgIpc) is 2.53. The molecule has 0 saturated carbocycles. The van der Waals surface area contributed by atoms with Crippen LogP contribution in [0.15, 0.2) is 24.4 Å². The molecule has 0 aliphatic rings. The molecule has 1 heterocycles. The molecule has 1 aromatic rings. The van der Waals surface area contributed by atoms with Crippen molar-refractivity contribution in [3.05, 3.63) is 24.4 Å². The summed E-state index contributed by atoms with van der Waals surface area (Å²) in [7, 11) is 0. The largest absolute Gasteiger partial charge is 0.311 e. The highest BCUT2D eigenvalue weighted by molar-refractivity contribution is 5.89. The van der Waals surface area contributed by atoms with E-state index >= 15 is 0 Å². The Morgan fingerprint density at radius 3 is 2.05 bits per heavy atom. The molecule has 0 aromatic carbocycles. The van der Waals surface area contributed by atoms with Gasteiger partial charge in [0.2, 0.25) is 5.91 Å². The van der Waals surface area contributed by atoms with Crippen molar-refractivity contribution in [3.8, 4) is 0 Å². The zero-order valence-corrected chi connectivity index (χ0v) is 14.2. The summed E-state index contributed by atoms with van der Waals surface area (Å²) in [6.07, 6.45) is 16.7. The van der Waals surface area contributed by atoms with Gasteiger partial charge in [-0.05, 0) is 18.6 Å². The van der Waals surface area contributed by atoms with Gasteiger partial charge in [-0.2, -0.15) is 0 Å². The topological polar surface area (TPSA) is 42.0 Å². The number of amides is 1. The van der Waals surface area contributed by atoms with Crippen LogP contribution in [0.2, 0.25) is 0 Å². The second-order valence-corrected chi connectivity index (χ2v) is 6.05. The van der Waals surface area contributed by atoms with Crippen LogP contribution in [0.5, 0.6) is 0 Å². The molecule has 1 N–H and O–H groups in total. The fraction of sp³-hybridized carbons (Fsp3) is 0.684. The first kappa shape index (κ1) is 18.7. The van der Waals surface area contributed by atoms with Gasteiger partial charge in [-0.25, -0.2) is 4.98 Å². The monoisotopic (exact) mass is 304 g/mol. The highest BCUT2D eigenvalue weighted by Gasteiger charge is 2.02. The van der Waals surface area contributed by atoms with Crippen molar-refractivity contribution in [2.75, 3.05) is 5.32 Å². The van der Waals surface area contributed by atoms with E-state index < -0.39 is 0 Å². The molecule has 0 unspecified atom stereocenters. The number of hydrogen-bond donors (Lipinski definition) is 1. The summed E-state index contributed by atoms with van der Waals surface area (Å²) in [6.45, 7) is 2.26. The molecule has 124 valence electrons. The number of carbonyl (C=O) groups excluding carboxylic acids is 1. The highest BCUT2D eigenvalue weighted by atomic mass is 16.1. The lowest BCUT2D eigenvalue weighted by Crippen LogP contribution is -2.11. The first-order chi connectivity index (χ1) is 10.8. The summed E-state index contributed by atoms with van der Waals surface area (Å²) >= 11 is 0. The third kappa shape index (κ3) is 10.4. The molecule has 3 nitrogen and oxygen atoms in total. The lowest BCUT2D eigenvalue weighted by Gasteiger charge is -2.04. The lowest BCUT2D eigenvalue weighted by atomic mass is 10.1. The standard InChI is InChI=1S/C19H32N2O/c1-2-3-4-5-6-7-8-9-10-11-12-16-19(22)21-18-15-13-14-17-20-18/h13-15,17H,2-12,16H2,1H3,(H,20,21,22). The minimum Gasteiger partial charge on any atom is -0.311 e. The van der Waals surface area contributed by atoms with Gasteiger partial charge in [0, 0.05) is 12.6 Å². The molecule has 3 heteroatoms. The van der Waals surface area contributed by atoms with Crippen LogP contribution in [0.25, 0.3) is 0 Å². The molecular formula is C19H32N2O. The van der Waals surface area contributed by atoms with Crippen molar-refractivity contribution in [1.82, 2.24) is 4.98 Å². The van der Waals surface area contributed by atoms with E-state index in [1.807, 2.05) is 18.2 Å². The van der Waals surface area contributed by atoms with Crippen molar-refractivity contribution >= 4 is 11.7 Å². The van der Waals surface area contributed by atoms with Gasteiger partial charge in [-0.3, -0.25) is 4.79 Å². The summed E-state index contributed by atoms with van der Waals surface area (Å²) in [5, 5.41) is 2.83. The minimum atomic E-state index is 0.0784. The summed E-state index contributed by atoms with van der Waals surface area (Å²) in [5.74, 6) is 0.727. The fourth-order valence-electron chi connectivity index (χ4n) is 2.59. The second kappa shape index (κ2) is 13.3. The molecule has 22 heavy (non-hydrogen) atoms. The van der Waals surface area contributed by atoms with E-state index in [9.17, 15) is 4.79 Å².